The SMILES string of the molecule is CCCNCc1ccc2ccn(CC3CCCC3)c2c1. The Kier molecular flexibility index (Phi) is 4.41. The molecule has 0 radical (unpaired) electrons. The van der Waals surface area contributed by atoms with E-state index in [9.17, 15) is 0 Å². The van der Waals surface area contributed by atoms with Gasteiger partial charge in [0.05, 0.1) is 0 Å². The van der Waals surface area contributed by atoms with E-state index < -0.39 is 0 Å². The average molecular weight is 270 g/mol. The van der Waals surface area contributed by atoms with Crippen LogP contribution in [0.2, 0.25) is 0 Å². The number of nitrogens with one attached hydrogen (secondary N) is 1. The van der Waals surface area contributed by atoms with Crippen LogP contribution in [0, 0.1) is 5.92 Å². The molecule has 108 valence electrons. The minimum Gasteiger partial charge on any atom is -0.347 e. The average Bonchev–Trinajstić information content (AvgIpc) is 3.10. The Morgan fingerprint density at radius 1 is 1.20 bits per heavy atom. The number of aromatic nitrogens is 1. The Labute approximate surface area is 122 Å². The Hall–Kier alpha value is -1.28. The second kappa shape index (κ2) is 6.45. The molecule has 1 saturated carbocycles. The van der Waals surface area contributed by atoms with Crippen LogP contribution in [0.25, 0.3) is 10.9 Å². The van der Waals surface area contributed by atoms with E-state index in [1.165, 1.54) is 55.1 Å². The van der Waals surface area contributed by atoms with Gasteiger partial charge in [0.1, 0.15) is 0 Å². The third kappa shape index (κ3) is 3.06. The summed E-state index contributed by atoms with van der Waals surface area (Å²) in [6.45, 7) is 5.50. The molecule has 1 aromatic heterocycles. The fourth-order valence-electron chi connectivity index (χ4n) is 3.38. The van der Waals surface area contributed by atoms with Crippen LogP contribution in [-0.2, 0) is 13.1 Å². The molecule has 0 atom stereocenters. The molecule has 1 fully saturated rings. The molecule has 0 unspecified atom stereocenters. The molecule has 0 saturated heterocycles. The van der Waals surface area contributed by atoms with Crippen molar-refractivity contribution in [3.8, 4) is 0 Å². The molecule has 2 aromatic rings. The topological polar surface area (TPSA) is 17.0 Å². The largest absolute Gasteiger partial charge is 0.347 e. The van der Waals surface area contributed by atoms with Crippen molar-refractivity contribution in [2.45, 2.75) is 52.1 Å². The van der Waals surface area contributed by atoms with E-state index in [1.54, 1.807) is 0 Å². The molecular formula is C18H26N2. The van der Waals surface area contributed by atoms with Crippen molar-refractivity contribution in [1.82, 2.24) is 9.88 Å². The van der Waals surface area contributed by atoms with Crippen LogP contribution in [0.15, 0.2) is 30.5 Å². The van der Waals surface area contributed by atoms with E-state index in [4.69, 9.17) is 0 Å². The smallest absolute Gasteiger partial charge is 0.0483 e. The van der Waals surface area contributed by atoms with Gasteiger partial charge in [-0.2, -0.15) is 0 Å². The molecule has 1 aliphatic carbocycles. The highest BCUT2D eigenvalue weighted by Crippen LogP contribution is 2.28. The zero-order chi connectivity index (χ0) is 13.8. The summed E-state index contributed by atoms with van der Waals surface area (Å²) in [5.41, 5.74) is 2.81. The number of hydrogen-bond acceptors (Lipinski definition) is 1. The molecule has 1 aromatic carbocycles. The Bertz CT molecular complexity index is 550. The number of rotatable bonds is 6. The predicted octanol–water partition coefficient (Wildman–Crippen LogP) is 4.33. The van der Waals surface area contributed by atoms with Crippen LogP contribution in [0.1, 0.15) is 44.6 Å². The van der Waals surface area contributed by atoms with Gasteiger partial charge in [-0.1, -0.05) is 31.9 Å². The second-order valence-corrected chi connectivity index (χ2v) is 6.19. The van der Waals surface area contributed by atoms with Crippen molar-refractivity contribution in [3.05, 3.63) is 36.0 Å². The molecule has 2 heteroatoms. The summed E-state index contributed by atoms with van der Waals surface area (Å²) in [5.74, 6) is 0.896. The van der Waals surface area contributed by atoms with Crippen LogP contribution >= 0.6 is 0 Å². The third-order valence-corrected chi connectivity index (χ3v) is 4.52. The van der Waals surface area contributed by atoms with E-state index in [0.717, 1.165) is 19.0 Å². The number of nitrogens with zero attached hydrogens (tertiary/aromatic N) is 1. The molecule has 1 aliphatic rings. The van der Waals surface area contributed by atoms with Gasteiger partial charge in [-0.15, -0.1) is 0 Å². The molecule has 1 N–H and O–H groups in total. The number of benzene rings is 1. The lowest BCUT2D eigenvalue weighted by Gasteiger charge is -2.12. The Morgan fingerprint density at radius 2 is 2.05 bits per heavy atom. The molecule has 1 heterocycles. The van der Waals surface area contributed by atoms with Crippen LogP contribution in [-0.4, -0.2) is 11.1 Å². The number of fused-ring (bicyclic) bond motifs is 1. The van der Waals surface area contributed by atoms with Crippen molar-refractivity contribution < 1.29 is 0 Å². The lowest BCUT2D eigenvalue weighted by molar-refractivity contribution is 0.466. The molecule has 0 aliphatic heterocycles. The van der Waals surface area contributed by atoms with Gasteiger partial charge in [-0.25, -0.2) is 0 Å². The van der Waals surface area contributed by atoms with E-state index >= 15 is 0 Å². The minimum atomic E-state index is 0.896. The van der Waals surface area contributed by atoms with Gasteiger partial charge in [-0.3, -0.25) is 0 Å². The van der Waals surface area contributed by atoms with Crippen molar-refractivity contribution in [2.75, 3.05) is 6.54 Å². The van der Waals surface area contributed by atoms with Gasteiger partial charge < -0.3 is 9.88 Å². The second-order valence-electron chi connectivity index (χ2n) is 6.19. The van der Waals surface area contributed by atoms with E-state index in [1.807, 2.05) is 0 Å². The van der Waals surface area contributed by atoms with Gasteiger partial charge in [0.25, 0.3) is 0 Å². The molecule has 0 spiro atoms. The fraction of sp³-hybridized carbons (Fsp3) is 0.556. The van der Waals surface area contributed by atoms with Gasteiger partial charge in [-0.05, 0) is 54.8 Å². The first kappa shape index (κ1) is 13.7. The summed E-state index contributed by atoms with van der Waals surface area (Å²) in [6.07, 6.45) is 9.15. The monoisotopic (exact) mass is 270 g/mol. The third-order valence-electron chi connectivity index (χ3n) is 4.52. The van der Waals surface area contributed by atoms with Crippen molar-refractivity contribution >= 4 is 10.9 Å². The predicted molar refractivity (Wildman–Crippen MR) is 85.9 cm³/mol. The maximum Gasteiger partial charge on any atom is 0.0483 e. The van der Waals surface area contributed by atoms with Crippen LogP contribution in [0.3, 0.4) is 0 Å². The zero-order valence-corrected chi connectivity index (χ0v) is 12.6. The summed E-state index contributed by atoms with van der Waals surface area (Å²) in [4.78, 5) is 0. The van der Waals surface area contributed by atoms with E-state index in [2.05, 4.69) is 47.3 Å². The van der Waals surface area contributed by atoms with Crippen LogP contribution in [0.5, 0.6) is 0 Å². The summed E-state index contributed by atoms with van der Waals surface area (Å²) in [5, 5.41) is 4.87. The quantitative estimate of drug-likeness (QED) is 0.773. The maximum atomic E-state index is 3.49. The van der Waals surface area contributed by atoms with Crippen LogP contribution < -0.4 is 5.32 Å². The lowest BCUT2D eigenvalue weighted by Crippen LogP contribution is -2.13. The molecule has 0 amide bonds. The maximum absolute atomic E-state index is 3.49. The fourth-order valence-corrected chi connectivity index (χ4v) is 3.38. The normalized spacial score (nSPS) is 16.2. The summed E-state index contributed by atoms with van der Waals surface area (Å²) >= 11 is 0. The first-order valence-electron chi connectivity index (χ1n) is 8.15. The highest BCUT2D eigenvalue weighted by molar-refractivity contribution is 5.80. The van der Waals surface area contributed by atoms with Crippen molar-refractivity contribution in [1.29, 1.82) is 0 Å². The Morgan fingerprint density at radius 3 is 2.85 bits per heavy atom. The molecule has 20 heavy (non-hydrogen) atoms. The van der Waals surface area contributed by atoms with E-state index in [0.29, 0.717) is 0 Å². The first-order chi connectivity index (χ1) is 9.86. The minimum absolute atomic E-state index is 0.896. The highest BCUT2D eigenvalue weighted by Gasteiger charge is 2.16. The number of hydrogen-bond donors (Lipinski definition) is 1. The first-order valence-corrected chi connectivity index (χ1v) is 8.15. The highest BCUT2D eigenvalue weighted by atomic mass is 15.0. The molecule has 2 nitrogen and oxygen atoms in total. The van der Waals surface area contributed by atoms with Crippen molar-refractivity contribution in [3.63, 3.8) is 0 Å². The van der Waals surface area contributed by atoms with Gasteiger partial charge >= 0.3 is 0 Å². The summed E-state index contributed by atoms with van der Waals surface area (Å²) in [7, 11) is 0. The van der Waals surface area contributed by atoms with Gasteiger partial charge in [0, 0.05) is 24.8 Å². The van der Waals surface area contributed by atoms with Gasteiger partial charge in [0.2, 0.25) is 0 Å². The summed E-state index contributed by atoms with van der Waals surface area (Å²) in [6, 6.07) is 9.15. The van der Waals surface area contributed by atoms with E-state index in [-0.39, 0.29) is 0 Å². The molecular weight excluding hydrogens is 244 g/mol. The van der Waals surface area contributed by atoms with Crippen molar-refractivity contribution in [2.24, 2.45) is 5.92 Å². The molecule has 0 bridgehead atoms. The molecule has 3 rings (SSSR count). The lowest BCUT2D eigenvalue weighted by atomic mass is 10.1. The summed E-state index contributed by atoms with van der Waals surface area (Å²) < 4.78 is 2.47. The standard InChI is InChI=1S/C18H26N2/c1-2-10-19-13-16-7-8-17-9-11-20(18(17)12-16)14-15-5-3-4-6-15/h7-9,11-12,15,19H,2-6,10,13-14H2,1H3. The Balaban J connectivity index is 1.76. The zero-order valence-electron chi connectivity index (χ0n) is 12.6. The van der Waals surface area contributed by atoms with Crippen LogP contribution in [0.4, 0.5) is 0 Å². The van der Waals surface area contributed by atoms with Gasteiger partial charge in [0.15, 0.2) is 0 Å².